The van der Waals surface area contributed by atoms with E-state index in [9.17, 15) is 4.79 Å². The summed E-state index contributed by atoms with van der Waals surface area (Å²) in [4.78, 5) is 24.2. The number of rotatable bonds is 7. The summed E-state index contributed by atoms with van der Waals surface area (Å²) in [7, 11) is 2.11. The minimum atomic E-state index is 0.0297. The Labute approximate surface area is 200 Å². The van der Waals surface area contributed by atoms with E-state index >= 15 is 0 Å². The van der Waals surface area contributed by atoms with Gasteiger partial charge in [-0.15, -0.1) is 0 Å². The number of amides is 2. The molecule has 3 aliphatic rings. The SMILES string of the molecule is CN1CCN(C(=O)N[C@H](CCN2[C@H]3CC[C@H]2CC(Oc2nccs2)C3)c2ccccc2)CC1. The molecule has 3 saturated heterocycles. The highest BCUT2D eigenvalue weighted by atomic mass is 32.1. The van der Waals surface area contributed by atoms with Crippen molar-refractivity contribution in [1.29, 1.82) is 0 Å². The molecule has 0 radical (unpaired) electrons. The number of carbonyl (C=O) groups is 1. The van der Waals surface area contributed by atoms with Crippen LogP contribution < -0.4 is 10.1 Å². The maximum absolute atomic E-state index is 13.0. The van der Waals surface area contributed by atoms with Gasteiger partial charge in [-0.3, -0.25) is 4.90 Å². The molecule has 3 fully saturated rings. The molecule has 4 heterocycles. The molecule has 8 heteroatoms. The molecule has 0 unspecified atom stereocenters. The van der Waals surface area contributed by atoms with Gasteiger partial charge in [-0.1, -0.05) is 41.7 Å². The molecule has 3 atom stereocenters. The summed E-state index contributed by atoms with van der Waals surface area (Å²) in [6, 6.07) is 11.7. The first-order valence-corrected chi connectivity index (χ1v) is 13.1. The number of urea groups is 1. The summed E-state index contributed by atoms with van der Waals surface area (Å²) in [5.74, 6) is 0. The highest BCUT2D eigenvalue weighted by Crippen LogP contribution is 2.38. The lowest BCUT2D eigenvalue weighted by Gasteiger charge is -2.39. The molecule has 3 aliphatic heterocycles. The van der Waals surface area contributed by atoms with E-state index in [2.05, 4.69) is 51.4 Å². The molecule has 5 rings (SSSR count). The molecule has 2 bridgehead atoms. The van der Waals surface area contributed by atoms with Crippen LogP contribution in [0.25, 0.3) is 0 Å². The van der Waals surface area contributed by atoms with Gasteiger partial charge >= 0.3 is 6.03 Å². The quantitative estimate of drug-likeness (QED) is 0.671. The van der Waals surface area contributed by atoms with E-state index in [1.165, 1.54) is 18.4 Å². The number of piperidine rings is 1. The van der Waals surface area contributed by atoms with Crippen molar-refractivity contribution in [3.63, 3.8) is 0 Å². The Morgan fingerprint density at radius 1 is 1.15 bits per heavy atom. The van der Waals surface area contributed by atoms with E-state index in [1.807, 2.05) is 22.5 Å². The standard InChI is InChI=1S/C25H35N5O2S/c1-28-12-14-29(15-13-28)24(31)27-23(19-5-3-2-4-6-19)9-11-30-20-7-8-21(30)18-22(17-20)32-25-26-10-16-33-25/h2-6,10,16,20-23H,7-9,11-15,17-18H2,1H3,(H,27,31)/t20-,21-,23+/m0/s1. The number of nitrogens with zero attached hydrogens (tertiary/aromatic N) is 4. The second-order valence-electron chi connectivity index (χ2n) is 9.62. The molecule has 1 N–H and O–H groups in total. The Balaban J connectivity index is 1.19. The summed E-state index contributed by atoms with van der Waals surface area (Å²) in [5.41, 5.74) is 1.19. The first-order chi connectivity index (χ1) is 16.2. The molecule has 1 aromatic carbocycles. The van der Waals surface area contributed by atoms with Crippen molar-refractivity contribution >= 4 is 17.4 Å². The van der Waals surface area contributed by atoms with Crippen molar-refractivity contribution in [2.24, 2.45) is 0 Å². The van der Waals surface area contributed by atoms with Crippen molar-refractivity contribution in [3.05, 3.63) is 47.5 Å². The Hall–Kier alpha value is -2.16. The molecular weight excluding hydrogens is 434 g/mol. The van der Waals surface area contributed by atoms with Crippen LogP contribution in [0.1, 0.15) is 43.7 Å². The van der Waals surface area contributed by atoms with E-state index in [0.717, 1.165) is 57.2 Å². The van der Waals surface area contributed by atoms with Crippen molar-refractivity contribution in [3.8, 4) is 5.19 Å². The van der Waals surface area contributed by atoms with Crippen molar-refractivity contribution in [2.45, 2.75) is 56.3 Å². The van der Waals surface area contributed by atoms with Gasteiger partial charge in [-0.2, -0.15) is 0 Å². The summed E-state index contributed by atoms with van der Waals surface area (Å²) in [5, 5.41) is 6.12. The lowest BCUT2D eigenvalue weighted by atomic mass is 9.97. The van der Waals surface area contributed by atoms with Crippen molar-refractivity contribution in [2.75, 3.05) is 39.8 Å². The summed E-state index contributed by atoms with van der Waals surface area (Å²) < 4.78 is 6.16. The topological polar surface area (TPSA) is 60.9 Å². The molecule has 1 aromatic heterocycles. The van der Waals surface area contributed by atoms with Gasteiger partial charge in [0, 0.05) is 56.4 Å². The Bertz CT molecular complexity index is 873. The number of benzene rings is 1. The normalized spacial score (nSPS) is 26.8. The second-order valence-corrected chi connectivity index (χ2v) is 10.5. The molecule has 2 aromatic rings. The largest absolute Gasteiger partial charge is 0.467 e. The highest BCUT2D eigenvalue weighted by Gasteiger charge is 2.41. The van der Waals surface area contributed by atoms with Crippen LogP contribution in [0.15, 0.2) is 41.9 Å². The monoisotopic (exact) mass is 469 g/mol. The molecule has 178 valence electrons. The molecular formula is C25H35N5O2S. The van der Waals surface area contributed by atoms with Crippen LogP contribution in [0.2, 0.25) is 0 Å². The molecule has 7 nitrogen and oxygen atoms in total. The minimum Gasteiger partial charge on any atom is -0.467 e. The zero-order valence-corrected chi connectivity index (χ0v) is 20.3. The number of carbonyl (C=O) groups excluding carboxylic acids is 1. The van der Waals surface area contributed by atoms with Gasteiger partial charge in [0.25, 0.3) is 5.19 Å². The van der Waals surface area contributed by atoms with E-state index in [1.54, 1.807) is 11.3 Å². The Kier molecular flexibility index (Phi) is 7.13. The van der Waals surface area contributed by atoms with E-state index < -0.39 is 0 Å². The Morgan fingerprint density at radius 2 is 1.88 bits per heavy atom. The van der Waals surface area contributed by atoms with Gasteiger partial charge in [0.05, 0.1) is 6.04 Å². The van der Waals surface area contributed by atoms with Gasteiger partial charge in [-0.25, -0.2) is 9.78 Å². The second kappa shape index (κ2) is 10.4. The van der Waals surface area contributed by atoms with Crippen LogP contribution in [-0.2, 0) is 0 Å². The average Bonchev–Trinajstić information content (AvgIpc) is 3.42. The number of thiazole rings is 1. The van der Waals surface area contributed by atoms with E-state index in [-0.39, 0.29) is 18.2 Å². The number of fused-ring (bicyclic) bond motifs is 2. The third kappa shape index (κ3) is 5.50. The smallest absolute Gasteiger partial charge is 0.317 e. The summed E-state index contributed by atoms with van der Waals surface area (Å²) >= 11 is 1.58. The van der Waals surface area contributed by atoms with Crippen molar-refractivity contribution < 1.29 is 9.53 Å². The molecule has 0 spiro atoms. The summed E-state index contributed by atoms with van der Waals surface area (Å²) in [6.07, 6.45) is 7.63. The predicted octanol–water partition coefficient (Wildman–Crippen LogP) is 3.61. The fraction of sp³-hybridized carbons (Fsp3) is 0.600. The molecule has 2 amide bonds. The maximum atomic E-state index is 13.0. The number of hydrogen-bond donors (Lipinski definition) is 1. The third-order valence-corrected chi connectivity index (χ3v) is 8.15. The number of nitrogens with one attached hydrogen (secondary N) is 1. The van der Waals surface area contributed by atoms with Gasteiger partial charge in [0.1, 0.15) is 6.10 Å². The summed E-state index contributed by atoms with van der Waals surface area (Å²) in [6.45, 7) is 4.46. The van der Waals surface area contributed by atoms with Crippen LogP contribution >= 0.6 is 11.3 Å². The molecule has 0 saturated carbocycles. The maximum Gasteiger partial charge on any atom is 0.317 e. The van der Waals surface area contributed by atoms with Gasteiger partial charge in [-0.05, 0) is 44.7 Å². The molecule has 33 heavy (non-hydrogen) atoms. The van der Waals surface area contributed by atoms with Gasteiger partial charge in [0.15, 0.2) is 0 Å². The average molecular weight is 470 g/mol. The lowest BCUT2D eigenvalue weighted by Crippen LogP contribution is -2.51. The van der Waals surface area contributed by atoms with E-state index in [4.69, 9.17) is 4.74 Å². The highest BCUT2D eigenvalue weighted by molar-refractivity contribution is 7.11. The first kappa shape index (κ1) is 22.6. The number of likely N-dealkylation sites (N-methyl/N-ethyl adjacent to an activating group) is 1. The van der Waals surface area contributed by atoms with Gasteiger partial charge in [0.2, 0.25) is 0 Å². The van der Waals surface area contributed by atoms with Crippen molar-refractivity contribution in [1.82, 2.24) is 25.0 Å². The number of ether oxygens (including phenoxy) is 1. The number of piperazine rings is 1. The predicted molar refractivity (Wildman–Crippen MR) is 131 cm³/mol. The first-order valence-electron chi connectivity index (χ1n) is 12.3. The van der Waals surface area contributed by atoms with E-state index in [0.29, 0.717) is 12.1 Å². The van der Waals surface area contributed by atoms with Crippen LogP contribution in [0.5, 0.6) is 5.19 Å². The van der Waals surface area contributed by atoms with Crippen LogP contribution in [0.3, 0.4) is 0 Å². The van der Waals surface area contributed by atoms with Crippen LogP contribution in [0.4, 0.5) is 4.79 Å². The number of aromatic nitrogens is 1. The van der Waals surface area contributed by atoms with Crippen LogP contribution in [0, 0.1) is 0 Å². The minimum absolute atomic E-state index is 0.0297. The molecule has 0 aliphatic carbocycles. The fourth-order valence-electron chi connectivity index (χ4n) is 5.63. The van der Waals surface area contributed by atoms with Crippen LogP contribution in [-0.4, -0.2) is 83.7 Å². The zero-order valence-electron chi connectivity index (χ0n) is 19.4. The zero-order chi connectivity index (χ0) is 22.6. The van der Waals surface area contributed by atoms with Gasteiger partial charge < -0.3 is 19.9 Å². The fourth-order valence-corrected chi connectivity index (χ4v) is 6.18. The number of hydrogen-bond acceptors (Lipinski definition) is 6. The Morgan fingerprint density at radius 3 is 2.55 bits per heavy atom. The lowest BCUT2D eigenvalue weighted by molar-refractivity contribution is 0.0469. The third-order valence-electron chi connectivity index (χ3n) is 7.48.